The molecule has 2 aromatic carbocycles. The minimum Gasteiger partial charge on any atom is -0.497 e. The number of nitrogens with one attached hydrogen (secondary N) is 2. The number of methoxy groups -OCH3 is 1. The third-order valence-electron chi connectivity index (χ3n) is 4.03. The van der Waals surface area contributed by atoms with E-state index in [9.17, 15) is 13.2 Å². The first-order valence-corrected chi connectivity index (χ1v) is 9.77. The van der Waals surface area contributed by atoms with Crippen LogP contribution in [0.15, 0.2) is 64.3 Å². The number of ether oxygens (including phenoxy) is 1. The first-order chi connectivity index (χ1) is 12.9. The average molecular weight is 385 g/mol. The number of anilines is 1. The van der Waals surface area contributed by atoms with E-state index in [1.54, 1.807) is 48.5 Å². The zero-order chi connectivity index (χ0) is 19.4. The van der Waals surface area contributed by atoms with Gasteiger partial charge in [-0.25, -0.2) is 13.5 Å². The van der Waals surface area contributed by atoms with Gasteiger partial charge in [0, 0.05) is 17.7 Å². The van der Waals surface area contributed by atoms with Gasteiger partial charge in [0.1, 0.15) is 5.75 Å². The molecule has 0 radical (unpaired) electrons. The van der Waals surface area contributed by atoms with Gasteiger partial charge in [-0.05, 0) is 36.2 Å². The maximum absolute atomic E-state index is 13.0. The van der Waals surface area contributed by atoms with Crippen LogP contribution >= 0.6 is 0 Å². The monoisotopic (exact) mass is 385 g/mol. The molecule has 0 atom stereocenters. The molecule has 8 heteroatoms. The lowest BCUT2D eigenvalue weighted by Crippen LogP contribution is -2.15. The Hall–Kier alpha value is -3.13. The summed E-state index contributed by atoms with van der Waals surface area (Å²) in [6.07, 6.45) is 0.549. The van der Waals surface area contributed by atoms with E-state index in [4.69, 9.17) is 4.74 Å². The number of nitrogens with zero attached hydrogens (tertiary/aromatic N) is 1. The molecule has 0 saturated heterocycles. The summed E-state index contributed by atoms with van der Waals surface area (Å²) in [6, 6.07) is 14.7. The molecule has 0 aliphatic carbocycles. The lowest BCUT2D eigenvalue weighted by Gasteiger charge is -2.13. The number of aromatic amines is 1. The van der Waals surface area contributed by atoms with Crippen molar-refractivity contribution >= 4 is 15.7 Å². The van der Waals surface area contributed by atoms with Gasteiger partial charge in [-0.2, -0.15) is 5.10 Å². The second-order valence-electron chi connectivity index (χ2n) is 5.82. The molecule has 0 fully saturated rings. The maximum atomic E-state index is 13.0. The molecule has 1 aromatic heterocycles. The zero-order valence-electron chi connectivity index (χ0n) is 14.9. The molecule has 27 heavy (non-hydrogen) atoms. The van der Waals surface area contributed by atoms with Crippen LogP contribution in [-0.2, 0) is 16.4 Å². The van der Waals surface area contributed by atoms with Gasteiger partial charge in [0.25, 0.3) is 15.6 Å². The Morgan fingerprint density at radius 2 is 1.93 bits per heavy atom. The van der Waals surface area contributed by atoms with E-state index < -0.39 is 10.0 Å². The summed E-state index contributed by atoms with van der Waals surface area (Å²) >= 11 is 0. The van der Waals surface area contributed by atoms with Crippen molar-refractivity contribution in [1.29, 1.82) is 0 Å². The van der Waals surface area contributed by atoms with Crippen molar-refractivity contribution in [3.05, 3.63) is 70.5 Å². The van der Waals surface area contributed by atoms with Gasteiger partial charge in [-0.1, -0.05) is 25.1 Å². The van der Waals surface area contributed by atoms with Crippen molar-refractivity contribution in [2.75, 3.05) is 11.8 Å². The number of rotatable bonds is 6. The minimum atomic E-state index is -3.82. The van der Waals surface area contributed by atoms with E-state index in [1.165, 1.54) is 13.2 Å². The van der Waals surface area contributed by atoms with Crippen molar-refractivity contribution < 1.29 is 13.2 Å². The van der Waals surface area contributed by atoms with E-state index in [0.717, 1.165) is 0 Å². The van der Waals surface area contributed by atoms with Gasteiger partial charge in [0.2, 0.25) is 0 Å². The zero-order valence-corrected chi connectivity index (χ0v) is 15.7. The molecule has 0 unspecified atom stereocenters. The average Bonchev–Trinajstić information content (AvgIpc) is 2.68. The Balaban J connectivity index is 2.03. The van der Waals surface area contributed by atoms with E-state index >= 15 is 0 Å². The first-order valence-electron chi connectivity index (χ1n) is 8.29. The highest BCUT2D eigenvalue weighted by Crippen LogP contribution is 2.27. The molecule has 0 amide bonds. The fourth-order valence-electron chi connectivity index (χ4n) is 2.66. The fraction of sp³-hybridized carbons (Fsp3) is 0.158. The van der Waals surface area contributed by atoms with Crippen LogP contribution in [0.5, 0.6) is 5.75 Å². The predicted molar refractivity (Wildman–Crippen MR) is 103 cm³/mol. The molecule has 140 valence electrons. The lowest BCUT2D eigenvalue weighted by atomic mass is 10.1. The number of sulfonamides is 1. The summed E-state index contributed by atoms with van der Waals surface area (Å²) in [7, 11) is -2.31. The van der Waals surface area contributed by atoms with Crippen molar-refractivity contribution in [3.63, 3.8) is 0 Å². The van der Waals surface area contributed by atoms with Gasteiger partial charge in [0.15, 0.2) is 0 Å². The molecule has 0 aliphatic heterocycles. The molecule has 3 rings (SSSR count). The van der Waals surface area contributed by atoms with E-state index in [-0.39, 0.29) is 10.5 Å². The maximum Gasteiger partial charge on any atom is 0.264 e. The highest BCUT2D eigenvalue weighted by atomic mass is 32.2. The number of benzene rings is 2. The van der Waals surface area contributed by atoms with Crippen LogP contribution in [-0.4, -0.2) is 25.7 Å². The van der Waals surface area contributed by atoms with Crippen molar-refractivity contribution in [3.8, 4) is 17.0 Å². The van der Waals surface area contributed by atoms with Crippen LogP contribution < -0.4 is 15.0 Å². The van der Waals surface area contributed by atoms with Gasteiger partial charge < -0.3 is 4.74 Å². The number of hydrogen-bond acceptors (Lipinski definition) is 5. The SMILES string of the molecule is CCc1ccc(-c2ccc(=O)[nH]n2)cc1S(=O)(=O)Nc1cccc(OC)c1. The van der Waals surface area contributed by atoms with E-state index in [1.807, 2.05) is 6.92 Å². The molecule has 0 spiro atoms. The van der Waals surface area contributed by atoms with Crippen molar-refractivity contribution in [1.82, 2.24) is 10.2 Å². The molecule has 0 aliphatic rings. The number of aryl methyl sites for hydroxylation is 1. The van der Waals surface area contributed by atoms with Crippen LogP contribution in [0.3, 0.4) is 0 Å². The first kappa shape index (κ1) is 18.7. The quantitative estimate of drug-likeness (QED) is 0.679. The number of H-pyrrole nitrogens is 1. The smallest absolute Gasteiger partial charge is 0.264 e. The molecule has 0 bridgehead atoms. The molecular formula is C19H19N3O4S. The Morgan fingerprint density at radius 1 is 1.11 bits per heavy atom. The van der Waals surface area contributed by atoms with Crippen LogP contribution in [0.2, 0.25) is 0 Å². The van der Waals surface area contributed by atoms with Crippen LogP contribution in [0.25, 0.3) is 11.3 Å². The van der Waals surface area contributed by atoms with E-state index in [2.05, 4.69) is 14.9 Å². The Bertz CT molecular complexity index is 1100. The Labute approximate surface area is 157 Å². The third-order valence-corrected chi connectivity index (χ3v) is 5.50. The van der Waals surface area contributed by atoms with Gasteiger partial charge in [-0.3, -0.25) is 9.52 Å². The van der Waals surface area contributed by atoms with Crippen LogP contribution in [0, 0.1) is 0 Å². The summed E-state index contributed by atoms with van der Waals surface area (Å²) in [6.45, 7) is 1.89. The molecular weight excluding hydrogens is 366 g/mol. The van der Waals surface area contributed by atoms with Gasteiger partial charge >= 0.3 is 0 Å². The normalized spacial score (nSPS) is 11.2. The predicted octanol–water partition coefficient (Wildman–Crippen LogP) is 2.81. The molecule has 0 saturated carbocycles. The minimum absolute atomic E-state index is 0.165. The largest absolute Gasteiger partial charge is 0.497 e. The van der Waals surface area contributed by atoms with Gasteiger partial charge in [0.05, 0.1) is 23.4 Å². The second-order valence-corrected chi connectivity index (χ2v) is 7.47. The molecule has 7 nitrogen and oxygen atoms in total. The number of aromatic nitrogens is 2. The van der Waals surface area contributed by atoms with E-state index in [0.29, 0.717) is 34.7 Å². The summed E-state index contributed by atoms with van der Waals surface area (Å²) in [5.41, 5.74) is 1.84. The molecule has 2 N–H and O–H groups in total. The molecule has 1 heterocycles. The van der Waals surface area contributed by atoms with Crippen LogP contribution in [0.4, 0.5) is 5.69 Å². The number of hydrogen-bond donors (Lipinski definition) is 2. The summed E-state index contributed by atoms with van der Waals surface area (Å²) in [4.78, 5) is 11.4. The Kier molecular flexibility index (Phi) is 5.27. The van der Waals surface area contributed by atoms with Crippen LogP contribution in [0.1, 0.15) is 12.5 Å². The summed E-state index contributed by atoms with van der Waals surface area (Å²) < 4.78 is 33.7. The van der Waals surface area contributed by atoms with Crippen molar-refractivity contribution in [2.24, 2.45) is 0 Å². The van der Waals surface area contributed by atoms with Gasteiger partial charge in [-0.15, -0.1) is 0 Å². The fourth-order valence-corrected chi connectivity index (χ4v) is 4.04. The molecule has 3 aromatic rings. The lowest BCUT2D eigenvalue weighted by molar-refractivity contribution is 0.415. The Morgan fingerprint density at radius 3 is 2.59 bits per heavy atom. The summed E-state index contributed by atoms with van der Waals surface area (Å²) in [5, 5.41) is 6.32. The van der Waals surface area contributed by atoms with Crippen molar-refractivity contribution in [2.45, 2.75) is 18.2 Å². The highest BCUT2D eigenvalue weighted by Gasteiger charge is 2.19. The topological polar surface area (TPSA) is 101 Å². The highest BCUT2D eigenvalue weighted by molar-refractivity contribution is 7.92. The third kappa shape index (κ3) is 4.17. The second kappa shape index (κ2) is 7.63. The standard InChI is InChI=1S/C19H19N3O4S/c1-3-13-7-8-14(17-9-10-19(23)21-20-17)11-18(13)27(24,25)22-15-5-4-6-16(12-15)26-2/h4-12,22H,3H2,1-2H3,(H,21,23). The summed E-state index contributed by atoms with van der Waals surface area (Å²) in [5.74, 6) is 0.553.